The van der Waals surface area contributed by atoms with Gasteiger partial charge in [0.25, 0.3) is 0 Å². The van der Waals surface area contributed by atoms with Crippen LogP contribution in [0.25, 0.3) is 0 Å². The standard InChI is InChI=1S/C13H20ClN3O2S2/c1-10-12(14)8-11(9-13(10)15)21(18,19)16-2-3-17-4-6-20-7-5-17/h8-9,16H,2-7,15H2,1H3. The van der Waals surface area contributed by atoms with Gasteiger partial charge in [0.15, 0.2) is 0 Å². The number of benzene rings is 1. The molecule has 0 spiro atoms. The van der Waals surface area contributed by atoms with Gasteiger partial charge in [0.1, 0.15) is 0 Å². The minimum Gasteiger partial charge on any atom is -0.398 e. The van der Waals surface area contributed by atoms with E-state index >= 15 is 0 Å². The van der Waals surface area contributed by atoms with E-state index in [1.165, 1.54) is 12.1 Å². The molecule has 1 aromatic rings. The van der Waals surface area contributed by atoms with Crippen molar-refractivity contribution in [3.8, 4) is 0 Å². The first-order valence-corrected chi connectivity index (χ1v) is 9.77. The molecule has 5 nitrogen and oxygen atoms in total. The number of nitrogens with zero attached hydrogens (tertiary/aromatic N) is 1. The van der Waals surface area contributed by atoms with Gasteiger partial charge in [-0.1, -0.05) is 11.6 Å². The van der Waals surface area contributed by atoms with E-state index in [4.69, 9.17) is 17.3 Å². The highest BCUT2D eigenvalue weighted by Crippen LogP contribution is 2.25. The van der Waals surface area contributed by atoms with Gasteiger partial charge < -0.3 is 10.6 Å². The van der Waals surface area contributed by atoms with Gasteiger partial charge in [-0.05, 0) is 24.6 Å². The van der Waals surface area contributed by atoms with E-state index in [0.29, 0.717) is 22.8 Å². The molecule has 0 atom stereocenters. The normalized spacial score (nSPS) is 17.0. The maximum Gasteiger partial charge on any atom is 0.240 e. The summed E-state index contributed by atoms with van der Waals surface area (Å²) in [6.07, 6.45) is 0. The van der Waals surface area contributed by atoms with Crippen LogP contribution in [0.15, 0.2) is 17.0 Å². The Hall–Kier alpha value is -0.470. The number of nitrogen functional groups attached to an aromatic ring is 1. The molecule has 1 saturated heterocycles. The van der Waals surface area contributed by atoms with Crippen molar-refractivity contribution < 1.29 is 8.42 Å². The first kappa shape index (κ1) is 16.9. The third-order valence-corrected chi connectivity index (χ3v) is 6.27. The Morgan fingerprint density at radius 3 is 2.67 bits per heavy atom. The lowest BCUT2D eigenvalue weighted by molar-refractivity contribution is 0.307. The molecule has 0 saturated carbocycles. The molecule has 0 amide bonds. The van der Waals surface area contributed by atoms with Gasteiger partial charge in [0, 0.05) is 48.4 Å². The molecule has 0 bridgehead atoms. The minimum atomic E-state index is -3.57. The quantitative estimate of drug-likeness (QED) is 0.789. The average molecular weight is 350 g/mol. The van der Waals surface area contributed by atoms with Crippen LogP contribution in [0.3, 0.4) is 0 Å². The van der Waals surface area contributed by atoms with E-state index < -0.39 is 10.0 Å². The van der Waals surface area contributed by atoms with Crippen molar-refractivity contribution in [2.75, 3.05) is 43.4 Å². The Labute approximate surface area is 135 Å². The molecular formula is C13H20ClN3O2S2. The van der Waals surface area contributed by atoms with Gasteiger partial charge in [-0.15, -0.1) is 0 Å². The van der Waals surface area contributed by atoms with Crippen LogP contribution in [0.1, 0.15) is 5.56 Å². The van der Waals surface area contributed by atoms with Crippen LogP contribution in [0.5, 0.6) is 0 Å². The first-order chi connectivity index (χ1) is 9.90. The number of anilines is 1. The zero-order valence-corrected chi connectivity index (χ0v) is 14.3. The zero-order chi connectivity index (χ0) is 15.5. The number of nitrogens with two attached hydrogens (primary N) is 1. The van der Waals surface area contributed by atoms with E-state index in [2.05, 4.69) is 9.62 Å². The van der Waals surface area contributed by atoms with Gasteiger partial charge in [0.05, 0.1) is 4.90 Å². The molecule has 8 heteroatoms. The van der Waals surface area contributed by atoms with Gasteiger partial charge >= 0.3 is 0 Å². The van der Waals surface area contributed by atoms with E-state index in [-0.39, 0.29) is 4.90 Å². The molecule has 1 aliphatic heterocycles. The fourth-order valence-corrected chi connectivity index (χ4v) is 4.43. The van der Waals surface area contributed by atoms with Gasteiger partial charge in [-0.25, -0.2) is 13.1 Å². The summed E-state index contributed by atoms with van der Waals surface area (Å²) in [5.41, 5.74) is 6.86. The predicted molar refractivity (Wildman–Crippen MR) is 89.6 cm³/mol. The summed E-state index contributed by atoms with van der Waals surface area (Å²) in [7, 11) is -3.57. The molecule has 21 heavy (non-hydrogen) atoms. The lowest BCUT2D eigenvalue weighted by Crippen LogP contribution is -2.39. The number of thioether (sulfide) groups is 1. The molecule has 1 fully saturated rings. The Morgan fingerprint density at radius 1 is 1.38 bits per heavy atom. The second kappa shape index (κ2) is 7.19. The Bertz CT molecular complexity index is 578. The van der Waals surface area contributed by atoms with Crippen molar-refractivity contribution in [3.05, 3.63) is 22.7 Å². The molecule has 2 rings (SSSR count). The minimum absolute atomic E-state index is 0.116. The lowest BCUT2D eigenvalue weighted by Gasteiger charge is -2.26. The van der Waals surface area contributed by atoms with Crippen molar-refractivity contribution >= 4 is 39.1 Å². The molecular weight excluding hydrogens is 330 g/mol. The molecule has 1 heterocycles. The van der Waals surface area contributed by atoms with Crippen molar-refractivity contribution in [1.82, 2.24) is 9.62 Å². The Morgan fingerprint density at radius 2 is 2.05 bits per heavy atom. The second-order valence-corrected chi connectivity index (χ2v) is 8.37. The smallest absolute Gasteiger partial charge is 0.240 e. The fraction of sp³-hybridized carbons (Fsp3) is 0.538. The molecule has 0 aromatic heterocycles. The largest absolute Gasteiger partial charge is 0.398 e. The maximum absolute atomic E-state index is 12.2. The molecule has 1 aliphatic rings. The molecule has 3 N–H and O–H groups in total. The average Bonchev–Trinajstić information content (AvgIpc) is 2.45. The summed E-state index contributed by atoms with van der Waals surface area (Å²) in [6.45, 7) is 4.88. The summed E-state index contributed by atoms with van der Waals surface area (Å²) in [6, 6.07) is 2.88. The van der Waals surface area contributed by atoms with Crippen molar-refractivity contribution in [2.45, 2.75) is 11.8 Å². The number of halogens is 1. The van der Waals surface area contributed by atoms with Crippen LogP contribution < -0.4 is 10.5 Å². The van der Waals surface area contributed by atoms with Gasteiger partial charge in [-0.3, -0.25) is 0 Å². The number of sulfonamides is 1. The summed E-state index contributed by atoms with van der Waals surface area (Å²) in [5.74, 6) is 2.22. The highest BCUT2D eigenvalue weighted by Gasteiger charge is 2.17. The zero-order valence-electron chi connectivity index (χ0n) is 11.9. The van der Waals surface area contributed by atoms with Crippen molar-refractivity contribution in [2.24, 2.45) is 0 Å². The number of rotatable bonds is 5. The summed E-state index contributed by atoms with van der Waals surface area (Å²) in [5, 5.41) is 0.364. The Balaban J connectivity index is 1.98. The molecule has 118 valence electrons. The van der Waals surface area contributed by atoms with Crippen LogP contribution in [-0.2, 0) is 10.0 Å². The van der Waals surface area contributed by atoms with Crippen LogP contribution >= 0.6 is 23.4 Å². The van der Waals surface area contributed by atoms with Gasteiger partial charge in [0.2, 0.25) is 10.0 Å². The summed E-state index contributed by atoms with van der Waals surface area (Å²) >= 11 is 7.93. The van der Waals surface area contributed by atoms with E-state index in [1.54, 1.807) is 6.92 Å². The van der Waals surface area contributed by atoms with Crippen LogP contribution in [0.2, 0.25) is 5.02 Å². The molecule has 1 aromatic carbocycles. The summed E-state index contributed by atoms with van der Waals surface area (Å²) in [4.78, 5) is 2.37. The van der Waals surface area contributed by atoms with Crippen LogP contribution in [0.4, 0.5) is 5.69 Å². The SMILES string of the molecule is Cc1c(N)cc(S(=O)(=O)NCCN2CCSCC2)cc1Cl. The van der Waals surface area contributed by atoms with E-state index in [9.17, 15) is 8.42 Å². The predicted octanol–water partition coefficient (Wildman–Crippen LogP) is 1.56. The molecule has 0 aliphatic carbocycles. The monoisotopic (exact) mass is 349 g/mol. The molecule has 0 unspecified atom stereocenters. The third kappa shape index (κ3) is 4.50. The lowest BCUT2D eigenvalue weighted by atomic mass is 10.2. The number of hydrogen-bond acceptors (Lipinski definition) is 5. The number of hydrogen-bond donors (Lipinski definition) is 2. The van der Waals surface area contributed by atoms with E-state index in [0.717, 1.165) is 31.1 Å². The Kier molecular flexibility index (Phi) is 5.79. The summed E-state index contributed by atoms with van der Waals surface area (Å²) < 4.78 is 27.1. The van der Waals surface area contributed by atoms with E-state index in [1.807, 2.05) is 11.8 Å². The maximum atomic E-state index is 12.2. The highest BCUT2D eigenvalue weighted by molar-refractivity contribution is 7.99. The first-order valence-electron chi connectivity index (χ1n) is 6.75. The van der Waals surface area contributed by atoms with Crippen LogP contribution in [-0.4, -0.2) is 51.0 Å². The molecule has 0 radical (unpaired) electrons. The number of nitrogens with one attached hydrogen (secondary N) is 1. The van der Waals surface area contributed by atoms with Gasteiger partial charge in [-0.2, -0.15) is 11.8 Å². The highest BCUT2D eigenvalue weighted by atomic mass is 35.5. The topological polar surface area (TPSA) is 75.4 Å². The third-order valence-electron chi connectivity index (χ3n) is 3.49. The fourth-order valence-electron chi connectivity index (χ4n) is 2.08. The van der Waals surface area contributed by atoms with Crippen molar-refractivity contribution in [3.63, 3.8) is 0 Å². The van der Waals surface area contributed by atoms with Crippen LogP contribution in [0, 0.1) is 6.92 Å². The van der Waals surface area contributed by atoms with Crippen molar-refractivity contribution in [1.29, 1.82) is 0 Å². The second-order valence-electron chi connectivity index (χ2n) is 4.97.